The summed E-state index contributed by atoms with van der Waals surface area (Å²) in [4.78, 5) is 13.8. The van der Waals surface area contributed by atoms with Gasteiger partial charge in [-0.05, 0) is 48.2 Å². The topological polar surface area (TPSA) is 101 Å². The molecule has 2 heterocycles. The Morgan fingerprint density at radius 1 is 1.06 bits per heavy atom. The van der Waals surface area contributed by atoms with Crippen molar-refractivity contribution in [2.24, 2.45) is 0 Å². The van der Waals surface area contributed by atoms with Crippen LogP contribution in [0.25, 0.3) is 0 Å². The van der Waals surface area contributed by atoms with Gasteiger partial charge < -0.3 is 9.84 Å². The molecule has 2 N–H and O–H groups in total. The average molecular weight is 486 g/mol. The zero-order chi connectivity index (χ0) is 22.6. The quantitative estimate of drug-likeness (QED) is 0.328. The lowest BCUT2D eigenvalue weighted by Crippen LogP contribution is -2.19. The number of aryl methyl sites for hydroxylation is 1. The monoisotopic (exact) mass is 485 g/mol. The molecule has 10 heteroatoms. The minimum Gasteiger partial charge on any atom is -0.360 e. The molecule has 0 saturated carbocycles. The van der Waals surface area contributed by atoms with Crippen molar-refractivity contribution in [2.45, 2.75) is 21.3 Å². The summed E-state index contributed by atoms with van der Waals surface area (Å²) >= 11 is 2.51. The molecule has 0 fully saturated rings. The van der Waals surface area contributed by atoms with Crippen LogP contribution in [-0.2, 0) is 14.8 Å². The van der Waals surface area contributed by atoms with Gasteiger partial charge in [-0.1, -0.05) is 41.6 Å². The highest BCUT2D eigenvalue weighted by Gasteiger charge is 2.23. The fourth-order valence-corrected chi connectivity index (χ4v) is 5.95. The van der Waals surface area contributed by atoms with Crippen LogP contribution in [0.2, 0.25) is 0 Å². The van der Waals surface area contributed by atoms with Crippen LogP contribution >= 0.6 is 23.1 Å². The van der Waals surface area contributed by atoms with Gasteiger partial charge >= 0.3 is 0 Å². The molecule has 2 aromatic heterocycles. The second kappa shape index (κ2) is 9.60. The van der Waals surface area contributed by atoms with Crippen LogP contribution in [0.5, 0.6) is 0 Å². The Balaban J connectivity index is 1.51. The molecule has 164 valence electrons. The van der Waals surface area contributed by atoms with Gasteiger partial charge in [-0.3, -0.25) is 9.52 Å². The van der Waals surface area contributed by atoms with Crippen LogP contribution in [0.3, 0.4) is 0 Å². The summed E-state index contributed by atoms with van der Waals surface area (Å²) in [5, 5.41) is 7.78. The maximum absolute atomic E-state index is 13.0. The van der Waals surface area contributed by atoms with Gasteiger partial charge in [0.1, 0.15) is 15.2 Å². The van der Waals surface area contributed by atoms with Crippen molar-refractivity contribution in [3.8, 4) is 0 Å². The van der Waals surface area contributed by atoms with Gasteiger partial charge in [0.25, 0.3) is 10.0 Å². The highest BCUT2D eigenvalue weighted by atomic mass is 32.2. The molecule has 32 heavy (non-hydrogen) atoms. The predicted molar refractivity (Wildman–Crippen MR) is 126 cm³/mol. The molecule has 0 aliphatic rings. The van der Waals surface area contributed by atoms with Crippen molar-refractivity contribution in [3.63, 3.8) is 0 Å². The third-order valence-corrected chi connectivity index (χ3v) is 8.39. The lowest BCUT2D eigenvalue weighted by Gasteiger charge is -2.16. The van der Waals surface area contributed by atoms with Crippen molar-refractivity contribution in [2.75, 3.05) is 10.0 Å². The third-order valence-electron chi connectivity index (χ3n) is 4.34. The number of nitrogens with one attached hydrogen (secondary N) is 2. The van der Waals surface area contributed by atoms with E-state index in [9.17, 15) is 13.2 Å². The first kappa shape index (κ1) is 22.1. The van der Waals surface area contributed by atoms with E-state index < -0.39 is 15.3 Å². The van der Waals surface area contributed by atoms with Crippen LogP contribution in [0.4, 0.5) is 11.5 Å². The molecule has 0 saturated heterocycles. The van der Waals surface area contributed by atoms with Crippen LogP contribution in [0, 0.1) is 6.92 Å². The zero-order valence-corrected chi connectivity index (χ0v) is 19.3. The van der Waals surface area contributed by atoms with E-state index in [0.29, 0.717) is 17.3 Å². The van der Waals surface area contributed by atoms with Gasteiger partial charge in [-0.15, -0.1) is 23.1 Å². The number of benzene rings is 2. The average Bonchev–Trinajstić information content (AvgIpc) is 3.46. The Labute approximate surface area is 193 Å². The predicted octanol–water partition coefficient (Wildman–Crippen LogP) is 5.32. The van der Waals surface area contributed by atoms with Gasteiger partial charge in [-0.2, -0.15) is 0 Å². The largest absolute Gasteiger partial charge is 0.360 e. The third kappa shape index (κ3) is 5.39. The van der Waals surface area contributed by atoms with Crippen LogP contribution in [0.15, 0.2) is 91.8 Å². The second-order valence-corrected chi connectivity index (χ2v) is 10.8. The number of nitrogens with zero attached hydrogens (tertiary/aromatic N) is 1. The summed E-state index contributed by atoms with van der Waals surface area (Å²) in [6.07, 6.45) is 0. The van der Waals surface area contributed by atoms with Gasteiger partial charge in [0, 0.05) is 16.6 Å². The van der Waals surface area contributed by atoms with Gasteiger partial charge in [0.05, 0.1) is 0 Å². The van der Waals surface area contributed by atoms with Crippen molar-refractivity contribution in [1.82, 2.24) is 5.16 Å². The number of thiophene rings is 1. The standard InChI is InChI=1S/C22H19N3O4S3/c1-15-14-19(24-29-15)23-22(26)21(16-6-3-2-4-7-16)31-18-11-9-17(10-12-18)25-32(27,28)20-8-5-13-30-20/h2-14,21,25H,1H3,(H,23,24,26). The Morgan fingerprint density at radius 3 is 2.44 bits per heavy atom. The maximum atomic E-state index is 13.0. The summed E-state index contributed by atoms with van der Waals surface area (Å²) < 4.78 is 32.6. The first-order valence-corrected chi connectivity index (χ1v) is 12.8. The van der Waals surface area contributed by atoms with E-state index in [4.69, 9.17) is 4.52 Å². The van der Waals surface area contributed by atoms with Gasteiger partial charge in [0.2, 0.25) is 5.91 Å². The number of hydrogen-bond donors (Lipinski definition) is 2. The number of anilines is 2. The number of sulfonamides is 1. The Bertz CT molecular complexity index is 1290. The minimum atomic E-state index is -3.61. The molecule has 0 radical (unpaired) electrons. The summed E-state index contributed by atoms with van der Waals surface area (Å²) in [6, 6.07) is 21.2. The molecule has 4 aromatic rings. The van der Waals surface area contributed by atoms with Crippen molar-refractivity contribution >= 4 is 50.5 Å². The SMILES string of the molecule is Cc1cc(NC(=O)C(Sc2ccc(NS(=O)(=O)c3cccs3)cc2)c2ccccc2)no1. The molecular weight excluding hydrogens is 466 g/mol. The molecule has 0 aliphatic carbocycles. The molecule has 0 bridgehead atoms. The minimum absolute atomic E-state index is 0.239. The van der Waals surface area contributed by atoms with E-state index in [-0.39, 0.29) is 10.1 Å². The van der Waals surface area contributed by atoms with E-state index in [2.05, 4.69) is 15.2 Å². The normalized spacial score (nSPS) is 12.3. The van der Waals surface area contributed by atoms with E-state index in [0.717, 1.165) is 21.8 Å². The molecule has 1 amide bonds. The smallest absolute Gasteiger partial charge is 0.271 e. The van der Waals surface area contributed by atoms with Crippen molar-refractivity contribution in [3.05, 3.63) is 89.5 Å². The molecule has 1 atom stereocenters. The Hall–Kier alpha value is -3.08. The number of amides is 1. The number of carbonyl (C=O) groups is 1. The highest BCUT2D eigenvalue weighted by Crippen LogP contribution is 2.37. The van der Waals surface area contributed by atoms with Gasteiger partial charge in [0.15, 0.2) is 5.82 Å². The Morgan fingerprint density at radius 2 is 1.81 bits per heavy atom. The van der Waals surface area contributed by atoms with E-state index in [1.807, 2.05) is 30.3 Å². The Kier molecular flexibility index (Phi) is 6.63. The number of rotatable bonds is 8. The van der Waals surface area contributed by atoms with Crippen molar-refractivity contribution < 1.29 is 17.7 Å². The maximum Gasteiger partial charge on any atom is 0.271 e. The van der Waals surface area contributed by atoms with Crippen LogP contribution < -0.4 is 10.0 Å². The lowest BCUT2D eigenvalue weighted by molar-refractivity contribution is -0.115. The van der Waals surface area contributed by atoms with Gasteiger partial charge in [-0.25, -0.2) is 8.42 Å². The molecule has 4 rings (SSSR count). The van der Waals surface area contributed by atoms with Crippen molar-refractivity contribution in [1.29, 1.82) is 0 Å². The summed E-state index contributed by atoms with van der Waals surface area (Å²) in [5.74, 6) is 0.717. The zero-order valence-electron chi connectivity index (χ0n) is 16.9. The number of aromatic nitrogens is 1. The molecular formula is C22H19N3O4S3. The lowest BCUT2D eigenvalue weighted by atomic mass is 10.1. The molecule has 0 aliphatic heterocycles. The molecule has 7 nitrogen and oxygen atoms in total. The van der Waals surface area contributed by atoms with E-state index >= 15 is 0 Å². The van der Waals surface area contributed by atoms with Crippen LogP contribution in [-0.4, -0.2) is 19.5 Å². The number of hydrogen-bond acceptors (Lipinski definition) is 7. The summed E-state index contributed by atoms with van der Waals surface area (Å²) in [7, 11) is -3.61. The van der Waals surface area contributed by atoms with E-state index in [1.54, 1.807) is 54.8 Å². The summed E-state index contributed by atoms with van der Waals surface area (Å²) in [5.41, 5.74) is 1.28. The second-order valence-electron chi connectivity index (χ2n) is 6.78. The highest BCUT2D eigenvalue weighted by molar-refractivity contribution is 8.00. The molecule has 2 aromatic carbocycles. The number of thioether (sulfide) groups is 1. The number of carbonyl (C=O) groups excluding carboxylic acids is 1. The van der Waals surface area contributed by atoms with Crippen LogP contribution in [0.1, 0.15) is 16.6 Å². The fourth-order valence-electron chi connectivity index (χ4n) is 2.88. The van der Waals surface area contributed by atoms with E-state index in [1.165, 1.54) is 11.8 Å². The molecule has 0 spiro atoms. The first-order chi connectivity index (χ1) is 15.4. The first-order valence-electron chi connectivity index (χ1n) is 9.53. The summed E-state index contributed by atoms with van der Waals surface area (Å²) in [6.45, 7) is 1.75. The fraction of sp³-hybridized carbons (Fsp3) is 0.0909. The molecule has 1 unspecified atom stereocenters.